The maximum Gasteiger partial charge on any atom is 0.335 e. The molecule has 3 aromatic rings. The van der Waals surface area contributed by atoms with Crippen LogP contribution < -0.4 is 10.6 Å². The fraction of sp³-hybridized carbons (Fsp3) is 0.333. The number of carboxylic acid groups (broad SMARTS) is 1. The Labute approximate surface area is 205 Å². The van der Waals surface area contributed by atoms with E-state index in [0.717, 1.165) is 29.1 Å². The van der Waals surface area contributed by atoms with Crippen LogP contribution in [0.4, 0.5) is 17.1 Å². The standard InChI is InChI=1S/C30H30N2O3/c33-28(32-27-3-1-2-23(15-27)29(34)35)22-4-8-25(9-5-22)31-26-10-6-24(7-11-26)30-16-19-12-20(17-30)14-21(13-19)18-30/h1-11,15,19-21,31H,12-14,16-18H2,(H,32,33)(H,34,35). The molecule has 0 saturated heterocycles. The minimum Gasteiger partial charge on any atom is -0.478 e. The number of carboxylic acids is 1. The first kappa shape index (κ1) is 21.9. The van der Waals surface area contributed by atoms with Gasteiger partial charge in [-0.3, -0.25) is 4.79 Å². The molecule has 0 spiro atoms. The zero-order valence-electron chi connectivity index (χ0n) is 19.7. The lowest BCUT2D eigenvalue weighted by Crippen LogP contribution is -2.48. The lowest BCUT2D eigenvalue weighted by Gasteiger charge is -2.57. The molecule has 5 heteroatoms. The van der Waals surface area contributed by atoms with Crippen molar-refractivity contribution in [2.45, 2.75) is 43.9 Å². The highest BCUT2D eigenvalue weighted by molar-refractivity contribution is 6.05. The van der Waals surface area contributed by atoms with Gasteiger partial charge < -0.3 is 15.7 Å². The van der Waals surface area contributed by atoms with Gasteiger partial charge in [0.15, 0.2) is 0 Å². The van der Waals surface area contributed by atoms with Crippen molar-refractivity contribution in [3.63, 3.8) is 0 Å². The van der Waals surface area contributed by atoms with E-state index in [-0.39, 0.29) is 11.5 Å². The molecule has 0 unspecified atom stereocenters. The molecule has 35 heavy (non-hydrogen) atoms. The number of anilines is 3. The molecule has 3 N–H and O–H groups in total. The quantitative estimate of drug-likeness (QED) is 0.371. The van der Waals surface area contributed by atoms with Crippen LogP contribution >= 0.6 is 0 Å². The van der Waals surface area contributed by atoms with Gasteiger partial charge in [-0.1, -0.05) is 18.2 Å². The number of aromatic carboxylic acids is 1. The van der Waals surface area contributed by atoms with Gasteiger partial charge in [0.05, 0.1) is 5.56 Å². The Morgan fingerprint density at radius 1 is 0.714 bits per heavy atom. The summed E-state index contributed by atoms with van der Waals surface area (Å²) in [4.78, 5) is 23.7. The minimum absolute atomic E-state index is 0.136. The number of carbonyl (C=O) groups excluding carboxylic acids is 1. The maximum atomic E-state index is 12.6. The summed E-state index contributed by atoms with van der Waals surface area (Å²) < 4.78 is 0. The lowest BCUT2D eigenvalue weighted by atomic mass is 9.48. The van der Waals surface area contributed by atoms with E-state index in [4.69, 9.17) is 5.11 Å². The predicted octanol–water partition coefficient (Wildman–Crippen LogP) is 6.85. The minimum atomic E-state index is -1.03. The van der Waals surface area contributed by atoms with E-state index in [1.165, 1.54) is 56.2 Å². The number of hydrogen-bond donors (Lipinski definition) is 3. The summed E-state index contributed by atoms with van der Waals surface area (Å²) in [7, 11) is 0. The van der Waals surface area contributed by atoms with Crippen LogP contribution in [0.25, 0.3) is 0 Å². The second-order valence-corrected chi connectivity index (χ2v) is 10.8. The molecule has 4 saturated carbocycles. The molecule has 4 fully saturated rings. The van der Waals surface area contributed by atoms with Gasteiger partial charge in [-0.2, -0.15) is 0 Å². The largest absolute Gasteiger partial charge is 0.478 e. The van der Waals surface area contributed by atoms with Crippen LogP contribution in [0.3, 0.4) is 0 Å². The van der Waals surface area contributed by atoms with Gasteiger partial charge in [-0.05, 0) is 122 Å². The highest BCUT2D eigenvalue weighted by atomic mass is 16.4. The average Bonchev–Trinajstić information content (AvgIpc) is 2.84. The third-order valence-corrected chi connectivity index (χ3v) is 8.34. The molecular formula is C30H30N2O3. The van der Waals surface area contributed by atoms with E-state index in [0.29, 0.717) is 16.7 Å². The zero-order valence-corrected chi connectivity index (χ0v) is 19.7. The summed E-state index contributed by atoms with van der Waals surface area (Å²) in [6.45, 7) is 0. The first-order chi connectivity index (χ1) is 17.0. The van der Waals surface area contributed by atoms with Gasteiger partial charge in [-0.15, -0.1) is 0 Å². The Bertz CT molecular complexity index is 1230. The van der Waals surface area contributed by atoms with Crippen molar-refractivity contribution in [1.82, 2.24) is 0 Å². The van der Waals surface area contributed by atoms with E-state index >= 15 is 0 Å². The van der Waals surface area contributed by atoms with Crippen molar-refractivity contribution in [2.24, 2.45) is 17.8 Å². The zero-order chi connectivity index (χ0) is 24.0. The van der Waals surface area contributed by atoms with Crippen molar-refractivity contribution in [3.05, 3.63) is 89.5 Å². The normalized spacial score (nSPS) is 26.3. The fourth-order valence-corrected chi connectivity index (χ4v) is 7.18. The molecule has 0 heterocycles. The topological polar surface area (TPSA) is 78.4 Å². The Kier molecular flexibility index (Phi) is 5.36. The van der Waals surface area contributed by atoms with Gasteiger partial charge in [0.25, 0.3) is 5.91 Å². The van der Waals surface area contributed by atoms with Crippen LogP contribution in [-0.2, 0) is 5.41 Å². The van der Waals surface area contributed by atoms with Crippen molar-refractivity contribution < 1.29 is 14.7 Å². The molecule has 4 aliphatic rings. The molecule has 0 atom stereocenters. The van der Waals surface area contributed by atoms with Crippen LogP contribution in [0.15, 0.2) is 72.8 Å². The van der Waals surface area contributed by atoms with E-state index in [2.05, 4.69) is 34.9 Å². The summed E-state index contributed by atoms with van der Waals surface area (Å²) in [6, 6.07) is 22.5. The van der Waals surface area contributed by atoms with Crippen LogP contribution in [0.5, 0.6) is 0 Å². The monoisotopic (exact) mass is 466 g/mol. The number of nitrogens with one attached hydrogen (secondary N) is 2. The number of carbonyl (C=O) groups is 2. The molecule has 7 rings (SSSR count). The first-order valence-electron chi connectivity index (χ1n) is 12.6. The van der Waals surface area contributed by atoms with Crippen molar-refractivity contribution in [1.29, 1.82) is 0 Å². The molecular weight excluding hydrogens is 436 g/mol. The predicted molar refractivity (Wildman–Crippen MR) is 137 cm³/mol. The molecule has 0 aromatic heterocycles. The molecule has 3 aromatic carbocycles. The van der Waals surface area contributed by atoms with Crippen molar-refractivity contribution in [3.8, 4) is 0 Å². The van der Waals surface area contributed by atoms with Crippen molar-refractivity contribution >= 4 is 28.9 Å². The lowest BCUT2D eigenvalue weighted by molar-refractivity contribution is -0.00518. The summed E-state index contributed by atoms with van der Waals surface area (Å²) in [5.74, 6) is 1.52. The Balaban J connectivity index is 1.10. The second-order valence-electron chi connectivity index (χ2n) is 10.8. The van der Waals surface area contributed by atoms with Gasteiger partial charge in [0.2, 0.25) is 0 Å². The van der Waals surface area contributed by atoms with Gasteiger partial charge in [0, 0.05) is 22.6 Å². The number of amides is 1. The Hall–Kier alpha value is -3.60. The summed E-state index contributed by atoms with van der Waals surface area (Å²) in [5.41, 5.74) is 4.98. The SMILES string of the molecule is O=C(O)c1cccc(NC(=O)c2ccc(Nc3ccc(C45CC6CC(CC(C6)C4)C5)cc3)cc2)c1. The molecule has 0 radical (unpaired) electrons. The maximum absolute atomic E-state index is 12.6. The fourth-order valence-electron chi connectivity index (χ4n) is 7.18. The summed E-state index contributed by atoms with van der Waals surface area (Å²) >= 11 is 0. The number of benzene rings is 3. The Morgan fingerprint density at radius 2 is 1.29 bits per heavy atom. The van der Waals surface area contributed by atoms with Crippen LogP contribution in [0, 0.1) is 17.8 Å². The molecule has 178 valence electrons. The smallest absolute Gasteiger partial charge is 0.335 e. The summed E-state index contributed by atoms with van der Waals surface area (Å²) in [6.07, 6.45) is 8.49. The van der Waals surface area contributed by atoms with Gasteiger partial charge in [0.1, 0.15) is 0 Å². The van der Waals surface area contributed by atoms with Crippen LogP contribution in [0.2, 0.25) is 0 Å². The van der Waals surface area contributed by atoms with E-state index < -0.39 is 5.97 Å². The van der Waals surface area contributed by atoms with E-state index in [1.807, 2.05) is 12.1 Å². The molecule has 1 amide bonds. The van der Waals surface area contributed by atoms with E-state index in [1.54, 1.807) is 24.3 Å². The van der Waals surface area contributed by atoms with Gasteiger partial charge in [-0.25, -0.2) is 4.79 Å². The highest BCUT2D eigenvalue weighted by Crippen LogP contribution is 2.60. The average molecular weight is 467 g/mol. The van der Waals surface area contributed by atoms with Crippen LogP contribution in [-0.4, -0.2) is 17.0 Å². The van der Waals surface area contributed by atoms with Crippen LogP contribution in [0.1, 0.15) is 64.8 Å². The Morgan fingerprint density at radius 3 is 1.86 bits per heavy atom. The molecule has 4 bridgehead atoms. The number of rotatable bonds is 6. The first-order valence-corrected chi connectivity index (χ1v) is 12.6. The molecule has 0 aliphatic heterocycles. The number of hydrogen-bond acceptors (Lipinski definition) is 3. The molecule has 5 nitrogen and oxygen atoms in total. The summed E-state index contributed by atoms with van der Waals surface area (Å²) in [5, 5.41) is 15.3. The second kappa shape index (κ2) is 8.56. The molecule has 4 aliphatic carbocycles. The van der Waals surface area contributed by atoms with Gasteiger partial charge >= 0.3 is 5.97 Å². The third kappa shape index (κ3) is 4.31. The van der Waals surface area contributed by atoms with Crippen molar-refractivity contribution in [2.75, 3.05) is 10.6 Å². The third-order valence-electron chi connectivity index (χ3n) is 8.34. The highest BCUT2D eigenvalue weighted by Gasteiger charge is 2.51. The van der Waals surface area contributed by atoms with E-state index in [9.17, 15) is 9.59 Å².